The lowest BCUT2D eigenvalue weighted by Gasteiger charge is -2.12. The van der Waals surface area contributed by atoms with Gasteiger partial charge in [-0.05, 0) is 49.6 Å². The Bertz CT molecular complexity index is 396. The topological polar surface area (TPSA) is 17.1 Å². The zero-order chi connectivity index (χ0) is 13.0. The molecule has 1 unspecified atom stereocenters. The molecular formula is C15H22OS. The Balaban J connectivity index is 2.71. The lowest BCUT2D eigenvalue weighted by atomic mass is 10.0. The van der Waals surface area contributed by atoms with Crippen LogP contribution in [0.1, 0.15) is 42.3 Å². The average Bonchev–Trinajstić information content (AvgIpc) is 2.28. The van der Waals surface area contributed by atoms with Gasteiger partial charge in [0.25, 0.3) is 0 Å². The maximum atomic E-state index is 12.2. The summed E-state index contributed by atoms with van der Waals surface area (Å²) < 4.78 is 0. The molecule has 1 aromatic rings. The first-order valence-electron chi connectivity index (χ1n) is 6.15. The molecule has 0 aliphatic heterocycles. The highest BCUT2D eigenvalue weighted by Gasteiger charge is 2.16. The molecule has 0 aliphatic rings. The number of hydrogen-bond acceptors (Lipinski definition) is 2. The number of aryl methyl sites for hydroxylation is 2. The fraction of sp³-hybridized carbons (Fsp3) is 0.533. The predicted molar refractivity (Wildman–Crippen MR) is 77.0 cm³/mol. The second-order valence-corrected chi connectivity index (χ2v) is 6.41. The van der Waals surface area contributed by atoms with Gasteiger partial charge in [-0.25, -0.2) is 0 Å². The molecule has 1 nitrogen and oxygen atoms in total. The van der Waals surface area contributed by atoms with Crippen molar-refractivity contribution in [2.75, 3.05) is 5.75 Å². The smallest absolute Gasteiger partial charge is 0.175 e. The van der Waals surface area contributed by atoms with Crippen molar-refractivity contribution < 1.29 is 4.79 Å². The SMILES string of the molecule is Cc1ccc(C(=O)C(C)SCC(C)C)cc1C. The van der Waals surface area contributed by atoms with E-state index in [4.69, 9.17) is 0 Å². The van der Waals surface area contributed by atoms with Crippen LogP contribution in [0, 0.1) is 19.8 Å². The van der Waals surface area contributed by atoms with Crippen molar-refractivity contribution in [2.24, 2.45) is 5.92 Å². The van der Waals surface area contributed by atoms with Gasteiger partial charge in [0.05, 0.1) is 5.25 Å². The van der Waals surface area contributed by atoms with E-state index in [0.717, 1.165) is 11.3 Å². The van der Waals surface area contributed by atoms with E-state index in [9.17, 15) is 4.79 Å². The first-order chi connectivity index (χ1) is 7.91. The molecule has 0 N–H and O–H groups in total. The van der Waals surface area contributed by atoms with Gasteiger partial charge in [-0.15, -0.1) is 0 Å². The maximum absolute atomic E-state index is 12.2. The first kappa shape index (κ1) is 14.3. The number of carbonyl (C=O) groups is 1. The van der Waals surface area contributed by atoms with Crippen LogP contribution in [-0.4, -0.2) is 16.8 Å². The van der Waals surface area contributed by atoms with Crippen molar-refractivity contribution in [2.45, 2.75) is 39.9 Å². The highest BCUT2D eigenvalue weighted by molar-refractivity contribution is 8.00. The van der Waals surface area contributed by atoms with Crippen molar-refractivity contribution >= 4 is 17.5 Å². The average molecular weight is 250 g/mol. The van der Waals surface area contributed by atoms with Crippen LogP contribution in [-0.2, 0) is 0 Å². The minimum Gasteiger partial charge on any atom is -0.293 e. The molecular weight excluding hydrogens is 228 g/mol. The van der Waals surface area contributed by atoms with Gasteiger partial charge in [0, 0.05) is 5.56 Å². The number of carbonyl (C=O) groups excluding carboxylic acids is 1. The van der Waals surface area contributed by atoms with Gasteiger partial charge in [0.1, 0.15) is 0 Å². The number of hydrogen-bond donors (Lipinski definition) is 0. The lowest BCUT2D eigenvalue weighted by Crippen LogP contribution is -2.15. The second-order valence-electron chi connectivity index (χ2n) is 5.03. The van der Waals surface area contributed by atoms with Gasteiger partial charge in [-0.1, -0.05) is 26.0 Å². The molecule has 1 rings (SSSR count). The molecule has 1 atom stereocenters. The van der Waals surface area contributed by atoms with Crippen molar-refractivity contribution in [1.82, 2.24) is 0 Å². The molecule has 94 valence electrons. The van der Waals surface area contributed by atoms with Gasteiger partial charge < -0.3 is 0 Å². The van der Waals surface area contributed by atoms with Crippen LogP contribution in [0.4, 0.5) is 0 Å². The van der Waals surface area contributed by atoms with Gasteiger partial charge in [0.2, 0.25) is 0 Å². The number of thioether (sulfide) groups is 1. The summed E-state index contributed by atoms with van der Waals surface area (Å²) in [5.74, 6) is 1.92. The molecule has 0 spiro atoms. The number of Topliss-reactive ketones (excluding diaryl/α,β-unsaturated/α-hetero) is 1. The Morgan fingerprint density at radius 1 is 1.18 bits per heavy atom. The zero-order valence-electron chi connectivity index (χ0n) is 11.4. The van der Waals surface area contributed by atoms with E-state index < -0.39 is 0 Å². The highest BCUT2D eigenvalue weighted by Crippen LogP contribution is 2.20. The van der Waals surface area contributed by atoms with Gasteiger partial charge in [-0.2, -0.15) is 11.8 Å². The third kappa shape index (κ3) is 4.19. The summed E-state index contributed by atoms with van der Waals surface area (Å²) in [4.78, 5) is 12.2. The van der Waals surface area contributed by atoms with Gasteiger partial charge in [-0.3, -0.25) is 4.79 Å². The van der Waals surface area contributed by atoms with E-state index in [0.29, 0.717) is 5.92 Å². The Hall–Kier alpha value is -0.760. The highest BCUT2D eigenvalue weighted by atomic mass is 32.2. The standard InChI is InChI=1S/C15H22OS/c1-10(2)9-17-13(5)15(16)14-7-6-11(3)12(4)8-14/h6-8,10,13H,9H2,1-5H3. The van der Waals surface area contributed by atoms with Crippen LogP contribution in [0.5, 0.6) is 0 Å². The van der Waals surface area contributed by atoms with Crippen molar-refractivity contribution in [1.29, 1.82) is 0 Å². The minimum atomic E-state index is 0.0551. The largest absolute Gasteiger partial charge is 0.293 e. The predicted octanol–water partition coefficient (Wildman–Crippen LogP) is 4.26. The normalized spacial score (nSPS) is 12.8. The van der Waals surface area contributed by atoms with Crippen LogP contribution in [0.15, 0.2) is 18.2 Å². The molecule has 0 bridgehead atoms. The number of ketones is 1. The van der Waals surface area contributed by atoms with Crippen molar-refractivity contribution in [3.8, 4) is 0 Å². The van der Waals surface area contributed by atoms with Crippen LogP contribution in [0.25, 0.3) is 0 Å². The van der Waals surface area contributed by atoms with Gasteiger partial charge >= 0.3 is 0 Å². The molecule has 0 saturated heterocycles. The van der Waals surface area contributed by atoms with E-state index in [1.165, 1.54) is 11.1 Å². The van der Waals surface area contributed by atoms with Gasteiger partial charge in [0.15, 0.2) is 5.78 Å². The molecule has 0 fully saturated rings. The first-order valence-corrected chi connectivity index (χ1v) is 7.19. The molecule has 0 aliphatic carbocycles. The van der Waals surface area contributed by atoms with Crippen LogP contribution >= 0.6 is 11.8 Å². The Kier molecular flexibility index (Phi) is 5.26. The van der Waals surface area contributed by atoms with E-state index in [1.807, 2.05) is 25.1 Å². The van der Waals surface area contributed by atoms with E-state index in [1.54, 1.807) is 11.8 Å². The third-order valence-corrected chi connectivity index (χ3v) is 4.41. The summed E-state index contributed by atoms with van der Waals surface area (Å²) in [5, 5.41) is 0.0551. The molecule has 0 aromatic heterocycles. The lowest BCUT2D eigenvalue weighted by molar-refractivity contribution is 0.0994. The Morgan fingerprint density at radius 2 is 1.82 bits per heavy atom. The summed E-state index contributed by atoms with van der Waals surface area (Å²) in [7, 11) is 0. The maximum Gasteiger partial charge on any atom is 0.175 e. The Morgan fingerprint density at radius 3 is 2.35 bits per heavy atom. The molecule has 0 radical (unpaired) electrons. The van der Waals surface area contributed by atoms with E-state index in [2.05, 4.69) is 27.7 Å². The molecule has 2 heteroatoms. The van der Waals surface area contributed by atoms with E-state index >= 15 is 0 Å². The quantitative estimate of drug-likeness (QED) is 0.726. The van der Waals surface area contributed by atoms with Crippen LogP contribution < -0.4 is 0 Å². The van der Waals surface area contributed by atoms with Crippen LogP contribution in [0.2, 0.25) is 0 Å². The summed E-state index contributed by atoms with van der Waals surface area (Å²) in [6.45, 7) is 10.5. The zero-order valence-corrected chi connectivity index (χ0v) is 12.2. The fourth-order valence-corrected chi connectivity index (χ4v) is 2.50. The molecule has 0 amide bonds. The number of rotatable bonds is 5. The van der Waals surface area contributed by atoms with E-state index in [-0.39, 0.29) is 11.0 Å². The minimum absolute atomic E-state index is 0.0551. The summed E-state index contributed by atoms with van der Waals surface area (Å²) in [5.41, 5.74) is 3.28. The fourth-order valence-electron chi connectivity index (χ4n) is 1.54. The van der Waals surface area contributed by atoms with Crippen molar-refractivity contribution in [3.05, 3.63) is 34.9 Å². The second kappa shape index (κ2) is 6.25. The van der Waals surface area contributed by atoms with Crippen LogP contribution in [0.3, 0.4) is 0 Å². The summed E-state index contributed by atoms with van der Waals surface area (Å²) in [6.07, 6.45) is 0. The molecule has 0 saturated carbocycles. The summed E-state index contributed by atoms with van der Waals surface area (Å²) in [6, 6.07) is 5.98. The monoisotopic (exact) mass is 250 g/mol. The Labute approximate surface area is 109 Å². The molecule has 0 heterocycles. The molecule has 17 heavy (non-hydrogen) atoms. The third-order valence-electron chi connectivity index (χ3n) is 2.84. The van der Waals surface area contributed by atoms with Crippen molar-refractivity contribution in [3.63, 3.8) is 0 Å². The molecule has 1 aromatic carbocycles. The summed E-state index contributed by atoms with van der Waals surface area (Å²) >= 11 is 1.75. The number of benzene rings is 1.